The Morgan fingerprint density at radius 3 is 2.23 bits per heavy atom. The summed E-state index contributed by atoms with van der Waals surface area (Å²) in [6.45, 7) is 1.61. The molecule has 1 aliphatic carbocycles. The van der Waals surface area contributed by atoms with Gasteiger partial charge in [-0.2, -0.15) is 0 Å². The van der Waals surface area contributed by atoms with Crippen LogP contribution >= 0.6 is 22.9 Å². The smallest absolute Gasteiger partial charge is 0.282 e. The lowest BCUT2D eigenvalue weighted by molar-refractivity contribution is 0.0775. The van der Waals surface area contributed by atoms with Crippen LogP contribution in [0, 0.1) is 11.8 Å². The molecule has 154 valence electrons. The summed E-state index contributed by atoms with van der Waals surface area (Å²) in [6.07, 6.45) is 1.22. The molecule has 1 saturated heterocycles. The number of hydrogen-bond acceptors (Lipinski definition) is 5. The molecule has 30 heavy (non-hydrogen) atoms. The van der Waals surface area contributed by atoms with E-state index in [1.165, 1.54) is 29.9 Å². The number of fused-ring (bicyclic) bond motifs is 1. The summed E-state index contributed by atoms with van der Waals surface area (Å²) >= 11 is 7.35. The number of benzene rings is 2. The molecule has 0 bridgehead atoms. The zero-order valence-corrected chi connectivity index (χ0v) is 18.2. The van der Waals surface area contributed by atoms with E-state index < -0.39 is 10.0 Å². The SMILES string of the molecule is NS(=O)(=O)c1ccc(-c2sc(C(=O)N3CC4CC4C3)nc2-c2ccc(Cl)cc2)cc1. The van der Waals surface area contributed by atoms with Gasteiger partial charge < -0.3 is 4.90 Å². The van der Waals surface area contributed by atoms with Crippen LogP contribution in [0.1, 0.15) is 16.2 Å². The van der Waals surface area contributed by atoms with E-state index in [1.807, 2.05) is 17.0 Å². The Balaban J connectivity index is 1.56. The predicted molar refractivity (Wildman–Crippen MR) is 117 cm³/mol. The van der Waals surface area contributed by atoms with Crippen molar-refractivity contribution >= 4 is 38.9 Å². The Morgan fingerprint density at radius 2 is 1.63 bits per heavy atom. The number of aromatic nitrogens is 1. The fourth-order valence-electron chi connectivity index (χ4n) is 3.91. The van der Waals surface area contributed by atoms with E-state index >= 15 is 0 Å². The third kappa shape index (κ3) is 3.65. The fraction of sp³-hybridized carbons (Fsp3) is 0.238. The minimum absolute atomic E-state index is 0.0383. The van der Waals surface area contributed by atoms with Crippen LogP contribution in [0.25, 0.3) is 21.7 Å². The van der Waals surface area contributed by atoms with E-state index in [0.717, 1.165) is 29.1 Å². The summed E-state index contributed by atoms with van der Waals surface area (Å²) in [4.78, 5) is 20.4. The Kier molecular flexibility index (Phi) is 4.70. The highest BCUT2D eigenvalue weighted by Gasteiger charge is 2.47. The van der Waals surface area contributed by atoms with E-state index in [4.69, 9.17) is 16.7 Å². The molecule has 2 atom stereocenters. The van der Waals surface area contributed by atoms with Gasteiger partial charge in [0, 0.05) is 23.7 Å². The third-order valence-corrected chi connectivity index (χ3v) is 7.91. The molecule has 2 aliphatic rings. The molecule has 2 unspecified atom stereocenters. The monoisotopic (exact) mass is 459 g/mol. The summed E-state index contributed by atoms with van der Waals surface area (Å²) in [5, 5.41) is 6.26. The van der Waals surface area contributed by atoms with E-state index in [2.05, 4.69) is 4.98 Å². The molecule has 2 fully saturated rings. The van der Waals surface area contributed by atoms with Crippen LogP contribution in [0.3, 0.4) is 0 Å². The minimum Gasteiger partial charge on any atom is -0.336 e. The number of likely N-dealkylation sites (tertiary alicyclic amines) is 1. The van der Waals surface area contributed by atoms with E-state index in [-0.39, 0.29) is 10.8 Å². The van der Waals surface area contributed by atoms with Crippen LogP contribution in [-0.2, 0) is 10.0 Å². The van der Waals surface area contributed by atoms with Gasteiger partial charge in [-0.15, -0.1) is 11.3 Å². The number of piperidine rings is 1. The summed E-state index contributed by atoms with van der Waals surface area (Å²) in [5.74, 6) is 1.25. The van der Waals surface area contributed by atoms with Gasteiger partial charge in [0.2, 0.25) is 10.0 Å². The van der Waals surface area contributed by atoms with Gasteiger partial charge in [0.05, 0.1) is 15.5 Å². The summed E-state index contributed by atoms with van der Waals surface area (Å²) in [5.41, 5.74) is 2.28. The molecule has 2 heterocycles. The zero-order valence-electron chi connectivity index (χ0n) is 15.8. The van der Waals surface area contributed by atoms with E-state index in [1.54, 1.807) is 24.3 Å². The maximum absolute atomic E-state index is 13.0. The van der Waals surface area contributed by atoms with Crippen LogP contribution < -0.4 is 5.14 Å². The van der Waals surface area contributed by atoms with Crippen molar-refractivity contribution in [1.82, 2.24) is 9.88 Å². The molecule has 5 rings (SSSR count). The summed E-state index contributed by atoms with van der Waals surface area (Å²) in [6, 6.07) is 13.6. The van der Waals surface area contributed by atoms with Crippen LogP contribution in [0.2, 0.25) is 5.02 Å². The van der Waals surface area contributed by atoms with Gasteiger partial charge in [-0.1, -0.05) is 35.9 Å². The van der Waals surface area contributed by atoms with Crippen LogP contribution in [-0.4, -0.2) is 37.3 Å². The number of thiazole rings is 1. The number of rotatable bonds is 4. The molecular weight excluding hydrogens is 442 g/mol. The number of carbonyl (C=O) groups is 1. The second-order valence-corrected chi connectivity index (χ2v) is 10.7. The molecule has 1 amide bonds. The van der Waals surface area contributed by atoms with Crippen LogP contribution in [0.15, 0.2) is 53.4 Å². The van der Waals surface area contributed by atoms with Crippen molar-refractivity contribution in [2.75, 3.05) is 13.1 Å². The van der Waals surface area contributed by atoms with Gasteiger partial charge in [-0.25, -0.2) is 18.5 Å². The number of halogens is 1. The van der Waals surface area contributed by atoms with Crippen molar-refractivity contribution < 1.29 is 13.2 Å². The molecule has 1 aromatic heterocycles. The number of sulfonamides is 1. The molecule has 6 nitrogen and oxygen atoms in total. The second kappa shape index (κ2) is 7.16. The molecule has 1 saturated carbocycles. The second-order valence-electron chi connectivity index (χ2n) is 7.74. The van der Waals surface area contributed by atoms with Gasteiger partial charge in [0.15, 0.2) is 5.01 Å². The maximum Gasteiger partial charge on any atom is 0.282 e. The van der Waals surface area contributed by atoms with Gasteiger partial charge in [0.1, 0.15) is 0 Å². The number of carbonyl (C=O) groups excluding carboxylic acids is 1. The Labute approximate surface area is 183 Å². The molecule has 2 N–H and O–H groups in total. The third-order valence-electron chi connectivity index (χ3n) is 5.64. The molecule has 0 radical (unpaired) electrons. The van der Waals surface area contributed by atoms with Crippen molar-refractivity contribution in [2.24, 2.45) is 17.0 Å². The largest absolute Gasteiger partial charge is 0.336 e. The number of amides is 1. The quantitative estimate of drug-likeness (QED) is 0.640. The van der Waals surface area contributed by atoms with Gasteiger partial charge >= 0.3 is 0 Å². The highest BCUT2D eigenvalue weighted by molar-refractivity contribution is 7.89. The van der Waals surface area contributed by atoms with Crippen LogP contribution in [0.5, 0.6) is 0 Å². The summed E-state index contributed by atoms with van der Waals surface area (Å²) in [7, 11) is -3.78. The number of hydrogen-bond donors (Lipinski definition) is 1. The first-order chi connectivity index (χ1) is 14.3. The van der Waals surface area contributed by atoms with Crippen molar-refractivity contribution in [3.63, 3.8) is 0 Å². The molecule has 1 aliphatic heterocycles. The van der Waals surface area contributed by atoms with E-state index in [9.17, 15) is 13.2 Å². The van der Waals surface area contributed by atoms with Crippen molar-refractivity contribution in [3.05, 3.63) is 58.6 Å². The average Bonchev–Trinajstić information content (AvgIpc) is 3.13. The van der Waals surface area contributed by atoms with E-state index in [0.29, 0.717) is 27.6 Å². The number of nitrogens with zero attached hydrogens (tertiary/aromatic N) is 2. The average molecular weight is 460 g/mol. The first kappa shape index (κ1) is 19.7. The van der Waals surface area contributed by atoms with Crippen LogP contribution in [0.4, 0.5) is 0 Å². The van der Waals surface area contributed by atoms with Crippen molar-refractivity contribution in [1.29, 1.82) is 0 Å². The minimum atomic E-state index is -3.78. The number of primary sulfonamides is 1. The Morgan fingerprint density at radius 1 is 1.03 bits per heavy atom. The van der Waals surface area contributed by atoms with Crippen molar-refractivity contribution in [3.8, 4) is 21.7 Å². The predicted octanol–water partition coefficient (Wildman–Crippen LogP) is 3.87. The van der Waals surface area contributed by atoms with Gasteiger partial charge in [-0.3, -0.25) is 4.79 Å². The molecule has 2 aromatic carbocycles. The normalized spacial score (nSPS) is 20.3. The zero-order chi connectivity index (χ0) is 21.0. The standard InChI is InChI=1S/C21H18ClN3O3S2/c22-16-5-1-12(2-6-16)18-19(13-3-7-17(8-4-13)30(23,27)28)29-20(24-18)21(26)25-10-14-9-15(14)11-25/h1-8,14-15H,9-11H2,(H2,23,27,28). The molecular formula is C21H18ClN3O3S2. The molecule has 3 aromatic rings. The highest BCUT2D eigenvalue weighted by Crippen LogP contribution is 2.46. The summed E-state index contributed by atoms with van der Waals surface area (Å²) < 4.78 is 23.2. The Bertz CT molecular complexity index is 1230. The lowest BCUT2D eigenvalue weighted by Crippen LogP contribution is -2.30. The Hall–Kier alpha value is -2.26. The molecule has 0 spiro atoms. The highest BCUT2D eigenvalue weighted by atomic mass is 35.5. The first-order valence-electron chi connectivity index (χ1n) is 9.49. The maximum atomic E-state index is 13.0. The lowest BCUT2D eigenvalue weighted by Gasteiger charge is -2.15. The first-order valence-corrected chi connectivity index (χ1v) is 12.2. The number of nitrogens with two attached hydrogens (primary N) is 1. The topological polar surface area (TPSA) is 93.4 Å². The van der Waals surface area contributed by atoms with Gasteiger partial charge in [0.25, 0.3) is 5.91 Å². The van der Waals surface area contributed by atoms with Crippen molar-refractivity contribution in [2.45, 2.75) is 11.3 Å². The molecule has 9 heteroatoms. The lowest BCUT2D eigenvalue weighted by atomic mass is 10.1. The van der Waals surface area contributed by atoms with Gasteiger partial charge in [-0.05, 0) is 48.1 Å². The fourth-order valence-corrected chi connectivity index (χ4v) is 5.61.